The van der Waals surface area contributed by atoms with Crippen LogP contribution in [-0.2, 0) is 28.6 Å². The molecular formula is C19H26O7. The number of carbonyl (C=O) groups excluding carboxylic acids is 3. The lowest BCUT2D eigenvalue weighted by Crippen LogP contribution is -2.43. The monoisotopic (exact) mass is 366 g/mol. The molecule has 2 bridgehead atoms. The molecule has 0 amide bonds. The summed E-state index contributed by atoms with van der Waals surface area (Å²) < 4.78 is 16.9. The maximum absolute atomic E-state index is 12.6. The van der Waals surface area contributed by atoms with E-state index in [1.807, 2.05) is 0 Å². The third-order valence-corrected chi connectivity index (χ3v) is 5.82. The zero-order valence-electron chi connectivity index (χ0n) is 15.6. The Bertz CT molecular complexity index is 669. The number of fused-ring (bicyclic) bond motifs is 3. The third-order valence-electron chi connectivity index (χ3n) is 5.82. The van der Waals surface area contributed by atoms with E-state index >= 15 is 0 Å². The first-order chi connectivity index (χ1) is 12.0. The zero-order valence-corrected chi connectivity index (χ0v) is 15.6. The average Bonchev–Trinajstić information content (AvgIpc) is 2.93. The van der Waals surface area contributed by atoms with Crippen molar-refractivity contribution >= 4 is 17.7 Å². The lowest BCUT2D eigenvalue weighted by atomic mass is 9.78. The highest BCUT2D eigenvalue weighted by atomic mass is 16.7. The first-order valence-corrected chi connectivity index (χ1v) is 9.03. The molecule has 3 rings (SSSR count). The van der Waals surface area contributed by atoms with Crippen molar-refractivity contribution in [2.75, 3.05) is 0 Å². The predicted molar refractivity (Wildman–Crippen MR) is 89.7 cm³/mol. The Balaban J connectivity index is 2.02. The molecule has 0 aliphatic carbocycles. The Morgan fingerprint density at radius 2 is 2.04 bits per heavy atom. The molecule has 144 valence electrons. The number of hydrogen-bond acceptors (Lipinski definition) is 7. The molecule has 7 nitrogen and oxygen atoms in total. The Morgan fingerprint density at radius 3 is 2.65 bits per heavy atom. The fourth-order valence-corrected chi connectivity index (χ4v) is 4.08. The van der Waals surface area contributed by atoms with E-state index in [9.17, 15) is 19.5 Å². The van der Waals surface area contributed by atoms with Crippen LogP contribution in [0.3, 0.4) is 0 Å². The van der Waals surface area contributed by atoms with Crippen LogP contribution in [0.15, 0.2) is 12.2 Å². The second kappa shape index (κ2) is 6.16. The van der Waals surface area contributed by atoms with Gasteiger partial charge in [0.2, 0.25) is 0 Å². The van der Waals surface area contributed by atoms with E-state index in [1.165, 1.54) is 0 Å². The molecule has 1 N–H and O–H groups in total. The van der Waals surface area contributed by atoms with Gasteiger partial charge in [-0.05, 0) is 13.3 Å². The lowest BCUT2D eigenvalue weighted by molar-refractivity contribution is -0.249. The van der Waals surface area contributed by atoms with Gasteiger partial charge in [-0.1, -0.05) is 27.4 Å². The number of aliphatic hydroxyl groups is 1. The minimum absolute atomic E-state index is 0.0378. The molecule has 0 spiro atoms. The highest BCUT2D eigenvalue weighted by Gasteiger charge is 2.60. The predicted octanol–water partition coefficient (Wildman–Crippen LogP) is 1.52. The van der Waals surface area contributed by atoms with Crippen LogP contribution < -0.4 is 0 Å². The van der Waals surface area contributed by atoms with Crippen LogP contribution >= 0.6 is 0 Å². The molecule has 0 radical (unpaired) electrons. The number of hydrogen-bond donors (Lipinski definition) is 1. The minimum atomic E-state index is -1.62. The molecule has 0 aromatic carbocycles. The minimum Gasteiger partial charge on any atom is -0.461 e. The molecule has 0 unspecified atom stereocenters. The van der Waals surface area contributed by atoms with Gasteiger partial charge in [-0.25, -0.2) is 4.79 Å². The van der Waals surface area contributed by atoms with Crippen molar-refractivity contribution in [3.05, 3.63) is 12.2 Å². The summed E-state index contributed by atoms with van der Waals surface area (Å²) in [4.78, 5) is 36.9. The molecule has 3 aliphatic rings. The van der Waals surface area contributed by atoms with Gasteiger partial charge in [-0.3, -0.25) is 9.59 Å². The summed E-state index contributed by atoms with van der Waals surface area (Å²) in [5.41, 5.74) is -1.07. The van der Waals surface area contributed by atoms with Crippen LogP contribution in [0.5, 0.6) is 0 Å². The smallest absolute Gasteiger partial charge is 0.334 e. The average molecular weight is 366 g/mol. The molecule has 0 aromatic heterocycles. The van der Waals surface area contributed by atoms with E-state index < -0.39 is 47.4 Å². The van der Waals surface area contributed by atoms with Crippen LogP contribution in [0.25, 0.3) is 0 Å². The van der Waals surface area contributed by atoms with E-state index in [0.29, 0.717) is 0 Å². The largest absolute Gasteiger partial charge is 0.461 e. The molecule has 6 atom stereocenters. The number of rotatable bonds is 2. The highest BCUT2D eigenvalue weighted by Crippen LogP contribution is 2.48. The molecule has 0 saturated carbocycles. The summed E-state index contributed by atoms with van der Waals surface area (Å²) in [6.45, 7) is 10.6. The van der Waals surface area contributed by atoms with Gasteiger partial charge >= 0.3 is 11.9 Å². The van der Waals surface area contributed by atoms with Gasteiger partial charge in [-0.15, -0.1) is 0 Å². The normalized spacial score (nSPS) is 42.8. The van der Waals surface area contributed by atoms with Crippen LogP contribution in [-0.4, -0.2) is 46.4 Å². The van der Waals surface area contributed by atoms with Gasteiger partial charge in [-0.2, -0.15) is 0 Å². The van der Waals surface area contributed by atoms with Crippen LogP contribution in [0, 0.1) is 17.8 Å². The molecule has 3 saturated heterocycles. The molecule has 3 fully saturated rings. The maximum atomic E-state index is 12.6. The first-order valence-electron chi connectivity index (χ1n) is 9.03. The molecule has 0 aromatic rings. The van der Waals surface area contributed by atoms with Crippen molar-refractivity contribution in [1.29, 1.82) is 0 Å². The topological polar surface area (TPSA) is 99.1 Å². The van der Waals surface area contributed by atoms with Crippen molar-refractivity contribution in [3.8, 4) is 0 Å². The second-order valence-corrected chi connectivity index (χ2v) is 8.24. The summed E-state index contributed by atoms with van der Waals surface area (Å²) in [5.74, 6) is -4.21. The van der Waals surface area contributed by atoms with Crippen molar-refractivity contribution in [1.82, 2.24) is 0 Å². The van der Waals surface area contributed by atoms with E-state index in [0.717, 1.165) is 0 Å². The van der Waals surface area contributed by atoms with Gasteiger partial charge in [0.15, 0.2) is 11.6 Å². The quantitative estimate of drug-likeness (QED) is 0.584. The Morgan fingerprint density at radius 1 is 1.38 bits per heavy atom. The summed E-state index contributed by atoms with van der Waals surface area (Å²) in [6, 6.07) is 0. The van der Waals surface area contributed by atoms with Crippen LogP contribution in [0.4, 0.5) is 0 Å². The second-order valence-electron chi connectivity index (χ2n) is 8.24. The summed E-state index contributed by atoms with van der Waals surface area (Å²) in [5, 5.41) is 10.9. The van der Waals surface area contributed by atoms with Crippen molar-refractivity contribution < 1.29 is 33.7 Å². The van der Waals surface area contributed by atoms with E-state index in [-0.39, 0.29) is 36.5 Å². The van der Waals surface area contributed by atoms with E-state index in [2.05, 4.69) is 6.58 Å². The van der Waals surface area contributed by atoms with Crippen molar-refractivity contribution in [2.24, 2.45) is 17.8 Å². The number of ether oxygens (including phenoxy) is 3. The van der Waals surface area contributed by atoms with Crippen molar-refractivity contribution in [2.45, 2.75) is 70.6 Å². The van der Waals surface area contributed by atoms with Gasteiger partial charge < -0.3 is 19.3 Å². The van der Waals surface area contributed by atoms with Gasteiger partial charge in [0.1, 0.15) is 17.8 Å². The Hall–Kier alpha value is -1.73. The van der Waals surface area contributed by atoms with E-state index in [1.54, 1.807) is 27.7 Å². The SMILES string of the molecule is C=C1C(=O)O[C@@H]2C[C@H](C)[C@]3(O)CC(=O)[C@@](C)(C[C@@H](OC(=O)C(C)C)[C@@H]12)O3. The van der Waals surface area contributed by atoms with Gasteiger partial charge in [0, 0.05) is 17.9 Å². The number of Topliss-reactive ketones (excluding diaryl/α,β-unsaturated/α-hetero) is 1. The summed E-state index contributed by atoms with van der Waals surface area (Å²) in [7, 11) is 0. The highest BCUT2D eigenvalue weighted by molar-refractivity contribution is 5.92. The summed E-state index contributed by atoms with van der Waals surface area (Å²) in [6.07, 6.45) is -1.20. The number of esters is 2. The number of carbonyl (C=O) groups is 3. The molecular weight excluding hydrogens is 340 g/mol. The van der Waals surface area contributed by atoms with Crippen LogP contribution in [0.1, 0.15) is 47.0 Å². The molecule has 3 aliphatic heterocycles. The van der Waals surface area contributed by atoms with Crippen LogP contribution in [0.2, 0.25) is 0 Å². The van der Waals surface area contributed by atoms with E-state index in [4.69, 9.17) is 14.2 Å². The summed E-state index contributed by atoms with van der Waals surface area (Å²) >= 11 is 0. The zero-order chi connectivity index (χ0) is 19.4. The van der Waals surface area contributed by atoms with Gasteiger partial charge in [0.25, 0.3) is 0 Å². The first kappa shape index (κ1) is 19.0. The Kier molecular flexibility index (Phi) is 4.51. The van der Waals surface area contributed by atoms with Gasteiger partial charge in [0.05, 0.1) is 18.3 Å². The van der Waals surface area contributed by atoms with Crippen molar-refractivity contribution in [3.63, 3.8) is 0 Å². The lowest BCUT2D eigenvalue weighted by Gasteiger charge is -2.32. The maximum Gasteiger partial charge on any atom is 0.334 e. The molecule has 26 heavy (non-hydrogen) atoms. The third kappa shape index (κ3) is 2.97. The Labute approximate surface area is 152 Å². The fraction of sp³-hybridized carbons (Fsp3) is 0.737. The molecule has 7 heteroatoms. The standard InChI is InChI=1S/C19H26O7/c1-9(2)16(21)25-13-7-18(5)14(20)8-19(23,26-18)10(3)6-12-15(13)11(4)17(22)24-12/h9-10,12-13,15,23H,4,6-8H2,1-3,5H3/t10-,12+,13+,15-,18+,19-/m0/s1. The molecule has 3 heterocycles. The number of ketones is 1. The fourth-order valence-electron chi connectivity index (χ4n) is 4.08.